The fourth-order valence-electron chi connectivity index (χ4n) is 2.06. The second-order valence-corrected chi connectivity index (χ2v) is 5.66. The van der Waals surface area contributed by atoms with E-state index in [0.717, 1.165) is 22.0 Å². The number of amides is 1. The number of thiazole rings is 1. The first-order valence-corrected chi connectivity index (χ1v) is 7.87. The Hall–Kier alpha value is -2.67. The van der Waals surface area contributed by atoms with Gasteiger partial charge in [-0.05, 0) is 24.3 Å². The molecule has 3 aromatic rings. The SMILES string of the molecule is COc1ncccc1-c1csc(CC(=O)NCc2ccco2)n1. The lowest BCUT2D eigenvalue weighted by molar-refractivity contribution is -0.120. The second-order valence-electron chi connectivity index (χ2n) is 4.72. The number of hydrogen-bond acceptors (Lipinski definition) is 6. The number of aromatic nitrogens is 2. The molecule has 0 aromatic carbocycles. The van der Waals surface area contributed by atoms with E-state index in [1.165, 1.54) is 11.3 Å². The molecule has 7 heteroatoms. The summed E-state index contributed by atoms with van der Waals surface area (Å²) >= 11 is 1.44. The van der Waals surface area contributed by atoms with Gasteiger partial charge in [-0.2, -0.15) is 0 Å². The van der Waals surface area contributed by atoms with Gasteiger partial charge < -0.3 is 14.5 Å². The summed E-state index contributed by atoms with van der Waals surface area (Å²) in [6.45, 7) is 0.375. The summed E-state index contributed by atoms with van der Waals surface area (Å²) < 4.78 is 10.4. The second kappa shape index (κ2) is 7.06. The molecule has 0 aliphatic rings. The van der Waals surface area contributed by atoms with Gasteiger partial charge >= 0.3 is 0 Å². The highest BCUT2D eigenvalue weighted by atomic mass is 32.1. The van der Waals surface area contributed by atoms with Crippen LogP contribution in [0.2, 0.25) is 0 Å². The number of hydrogen-bond donors (Lipinski definition) is 1. The minimum Gasteiger partial charge on any atom is -0.481 e. The van der Waals surface area contributed by atoms with Gasteiger partial charge in [-0.15, -0.1) is 11.3 Å². The van der Waals surface area contributed by atoms with Gasteiger partial charge in [0, 0.05) is 11.6 Å². The number of rotatable bonds is 6. The lowest BCUT2D eigenvalue weighted by Gasteiger charge is -2.03. The smallest absolute Gasteiger partial charge is 0.227 e. The molecule has 0 aliphatic heterocycles. The maximum absolute atomic E-state index is 12.0. The van der Waals surface area contributed by atoms with Crippen LogP contribution in [0.5, 0.6) is 5.88 Å². The molecule has 3 aromatic heterocycles. The highest BCUT2D eigenvalue weighted by Crippen LogP contribution is 2.28. The molecule has 3 rings (SSSR count). The molecule has 1 N–H and O–H groups in total. The van der Waals surface area contributed by atoms with E-state index in [1.807, 2.05) is 23.6 Å². The van der Waals surface area contributed by atoms with Crippen LogP contribution in [-0.4, -0.2) is 23.0 Å². The molecule has 0 saturated carbocycles. The Labute approximate surface area is 137 Å². The molecule has 118 valence electrons. The van der Waals surface area contributed by atoms with Crippen LogP contribution in [-0.2, 0) is 17.8 Å². The van der Waals surface area contributed by atoms with Crippen molar-refractivity contribution in [3.63, 3.8) is 0 Å². The first kappa shape index (κ1) is 15.2. The lowest BCUT2D eigenvalue weighted by atomic mass is 10.2. The third-order valence-corrected chi connectivity index (χ3v) is 3.99. The molecule has 0 spiro atoms. The maximum Gasteiger partial charge on any atom is 0.227 e. The van der Waals surface area contributed by atoms with Crippen LogP contribution in [0.15, 0.2) is 46.5 Å². The largest absolute Gasteiger partial charge is 0.481 e. The molecule has 0 atom stereocenters. The zero-order valence-corrected chi connectivity index (χ0v) is 13.3. The topological polar surface area (TPSA) is 77.2 Å². The molecule has 0 radical (unpaired) electrons. The van der Waals surface area contributed by atoms with Crippen molar-refractivity contribution in [3.05, 3.63) is 52.9 Å². The van der Waals surface area contributed by atoms with Crippen molar-refractivity contribution in [2.45, 2.75) is 13.0 Å². The molecular weight excluding hydrogens is 314 g/mol. The van der Waals surface area contributed by atoms with Gasteiger partial charge in [-0.1, -0.05) is 0 Å². The fraction of sp³-hybridized carbons (Fsp3) is 0.188. The number of carbonyl (C=O) groups is 1. The van der Waals surface area contributed by atoms with Crippen molar-refractivity contribution < 1.29 is 13.9 Å². The zero-order chi connectivity index (χ0) is 16.1. The van der Waals surface area contributed by atoms with E-state index in [2.05, 4.69) is 15.3 Å². The minimum atomic E-state index is -0.0968. The number of carbonyl (C=O) groups excluding carboxylic acids is 1. The standard InChI is InChI=1S/C16H15N3O3S/c1-21-16-12(5-2-6-17-16)13-10-23-15(19-13)8-14(20)18-9-11-4-3-7-22-11/h2-7,10H,8-9H2,1H3,(H,18,20). The molecule has 1 amide bonds. The van der Waals surface area contributed by atoms with Crippen LogP contribution >= 0.6 is 11.3 Å². The first-order valence-electron chi connectivity index (χ1n) is 6.99. The van der Waals surface area contributed by atoms with Crippen LogP contribution < -0.4 is 10.1 Å². The number of nitrogens with zero attached hydrogens (tertiary/aromatic N) is 2. The minimum absolute atomic E-state index is 0.0968. The third kappa shape index (κ3) is 3.75. The van der Waals surface area contributed by atoms with Crippen LogP contribution in [0.25, 0.3) is 11.3 Å². The van der Waals surface area contributed by atoms with Crippen LogP contribution in [0.3, 0.4) is 0 Å². The van der Waals surface area contributed by atoms with Gasteiger partial charge in [0.2, 0.25) is 11.8 Å². The van der Waals surface area contributed by atoms with Crippen molar-refractivity contribution in [2.24, 2.45) is 0 Å². The Kier molecular flexibility index (Phi) is 4.68. The van der Waals surface area contributed by atoms with Gasteiger partial charge in [0.15, 0.2) is 0 Å². The average molecular weight is 329 g/mol. The molecule has 23 heavy (non-hydrogen) atoms. The van der Waals surface area contributed by atoms with Gasteiger partial charge in [0.1, 0.15) is 10.8 Å². The van der Waals surface area contributed by atoms with E-state index < -0.39 is 0 Å². The Balaban J connectivity index is 1.64. The van der Waals surface area contributed by atoms with Gasteiger partial charge in [0.05, 0.1) is 37.6 Å². The summed E-state index contributed by atoms with van der Waals surface area (Å²) in [7, 11) is 1.57. The maximum atomic E-state index is 12.0. The number of pyridine rings is 1. The molecule has 3 heterocycles. The van der Waals surface area contributed by atoms with E-state index in [-0.39, 0.29) is 12.3 Å². The lowest BCUT2D eigenvalue weighted by Crippen LogP contribution is -2.24. The monoisotopic (exact) mass is 329 g/mol. The zero-order valence-electron chi connectivity index (χ0n) is 12.5. The highest BCUT2D eigenvalue weighted by Gasteiger charge is 2.12. The Morgan fingerprint density at radius 2 is 2.30 bits per heavy atom. The molecule has 0 aliphatic carbocycles. The van der Waals surface area contributed by atoms with Crippen LogP contribution in [0.4, 0.5) is 0 Å². The van der Waals surface area contributed by atoms with E-state index in [0.29, 0.717) is 12.4 Å². The van der Waals surface area contributed by atoms with E-state index in [1.54, 1.807) is 25.6 Å². The van der Waals surface area contributed by atoms with Crippen LogP contribution in [0, 0.1) is 0 Å². The molecule has 0 unspecified atom stereocenters. The van der Waals surface area contributed by atoms with Gasteiger partial charge in [-0.25, -0.2) is 9.97 Å². The average Bonchev–Trinajstić information content (AvgIpc) is 3.24. The molecule has 6 nitrogen and oxygen atoms in total. The molecule has 0 fully saturated rings. The van der Waals surface area contributed by atoms with Crippen molar-refractivity contribution in [3.8, 4) is 17.1 Å². The predicted molar refractivity (Wildman–Crippen MR) is 86.2 cm³/mol. The van der Waals surface area contributed by atoms with Crippen molar-refractivity contribution in [1.82, 2.24) is 15.3 Å². The summed E-state index contributed by atoms with van der Waals surface area (Å²) in [5, 5.41) is 5.44. The van der Waals surface area contributed by atoms with Crippen molar-refractivity contribution >= 4 is 17.2 Å². The summed E-state index contributed by atoms with van der Waals surface area (Å²) in [4.78, 5) is 20.6. The number of furan rings is 1. The number of nitrogens with one attached hydrogen (secondary N) is 1. The number of ether oxygens (including phenoxy) is 1. The molecule has 0 bridgehead atoms. The van der Waals surface area contributed by atoms with Gasteiger partial charge in [-0.3, -0.25) is 4.79 Å². The number of methoxy groups -OCH3 is 1. The highest BCUT2D eigenvalue weighted by molar-refractivity contribution is 7.10. The van der Waals surface area contributed by atoms with E-state index in [9.17, 15) is 4.79 Å². The van der Waals surface area contributed by atoms with E-state index >= 15 is 0 Å². The van der Waals surface area contributed by atoms with Gasteiger partial charge in [0.25, 0.3) is 0 Å². The fourth-order valence-corrected chi connectivity index (χ4v) is 2.86. The molecule has 0 saturated heterocycles. The quantitative estimate of drug-likeness (QED) is 0.752. The third-order valence-electron chi connectivity index (χ3n) is 3.14. The van der Waals surface area contributed by atoms with Crippen LogP contribution in [0.1, 0.15) is 10.8 Å². The van der Waals surface area contributed by atoms with Crippen molar-refractivity contribution in [2.75, 3.05) is 7.11 Å². The Bertz CT molecular complexity index is 783. The summed E-state index contributed by atoms with van der Waals surface area (Å²) in [6.07, 6.45) is 3.47. The van der Waals surface area contributed by atoms with Crippen molar-refractivity contribution in [1.29, 1.82) is 0 Å². The Morgan fingerprint density at radius 1 is 1.39 bits per heavy atom. The summed E-state index contributed by atoms with van der Waals surface area (Å²) in [5.41, 5.74) is 1.57. The van der Waals surface area contributed by atoms with E-state index in [4.69, 9.17) is 9.15 Å². The summed E-state index contributed by atoms with van der Waals surface area (Å²) in [5.74, 6) is 1.14. The predicted octanol–water partition coefficient (Wildman–Crippen LogP) is 2.67. The summed E-state index contributed by atoms with van der Waals surface area (Å²) in [6, 6.07) is 7.32. The molecular formula is C16H15N3O3S. The Morgan fingerprint density at radius 3 is 3.09 bits per heavy atom. The first-order chi connectivity index (χ1) is 11.3. The normalized spacial score (nSPS) is 10.5.